The third-order valence-corrected chi connectivity index (χ3v) is 11.2. The van der Waals surface area contributed by atoms with Crippen LogP contribution in [-0.4, -0.2) is 36.4 Å². The lowest BCUT2D eigenvalue weighted by molar-refractivity contribution is 0.426. The topological polar surface area (TPSA) is 233 Å². The van der Waals surface area contributed by atoms with E-state index in [-0.39, 0.29) is 55.9 Å². The number of halogens is 2. The summed E-state index contributed by atoms with van der Waals surface area (Å²) in [6.45, 7) is 0. The van der Waals surface area contributed by atoms with Crippen molar-refractivity contribution in [2.75, 3.05) is 0 Å². The molecule has 48 heavy (non-hydrogen) atoms. The van der Waals surface area contributed by atoms with Crippen LogP contribution >= 0.6 is 0 Å². The van der Waals surface area contributed by atoms with E-state index in [0.717, 1.165) is 24.3 Å². The van der Waals surface area contributed by atoms with Gasteiger partial charge in [0.2, 0.25) is 0 Å². The van der Waals surface area contributed by atoms with Crippen LogP contribution in [0.3, 0.4) is 0 Å². The lowest BCUT2D eigenvalue weighted by atomic mass is 9.73. The summed E-state index contributed by atoms with van der Waals surface area (Å²) < 4.78 is 103. The molecule has 0 saturated carbocycles. The maximum absolute atomic E-state index is 16.1. The van der Waals surface area contributed by atoms with Crippen LogP contribution in [0.25, 0.3) is 22.5 Å². The predicted octanol–water partition coefficient (Wildman–Crippen LogP) is 5.32. The minimum Gasteiger partial charge on any atom is -0.316 e. The van der Waals surface area contributed by atoms with Crippen LogP contribution in [0.4, 0.5) is 8.78 Å². The Labute approximate surface area is 273 Å². The van der Waals surface area contributed by atoms with Crippen molar-refractivity contribution in [2.24, 2.45) is 21.7 Å². The molecule has 4 aromatic rings. The van der Waals surface area contributed by atoms with Crippen molar-refractivity contribution in [3.63, 3.8) is 0 Å². The van der Waals surface area contributed by atoms with Crippen LogP contribution in [0.15, 0.2) is 107 Å². The maximum atomic E-state index is 16.1. The standard InChI is InChI=1S/C32H26F2N6O6S2/c33-25-13-17(9-11-23(25)31(35)21-7-3-1-5-19(21)27(39-37)15-29(31)47(41,42)43)18-10-12-24(26(34)14-18)32(36)22-8-4-2-6-20(22)28(40-38)16-30(32)48(44,45)46/h1-16,29-30,37-38H,35-36H2,(H,41,42,43)(H,44,45,46). The molecule has 0 fully saturated rings. The molecule has 12 nitrogen and oxygen atoms in total. The number of hydrogen-bond acceptors (Lipinski definition) is 10. The van der Waals surface area contributed by atoms with Gasteiger partial charge in [-0.3, -0.25) is 9.11 Å². The molecule has 16 heteroatoms. The van der Waals surface area contributed by atoms with E-state index in [0.29, 0.717) is 0 Å². The van der Waals surface area contributed by atoms with Crippen molar-refractivity contribution < 1.29 is 34.7 Å². The quantitative estimate of drug-likeness (QED) is 0.109. The Hall–Kier alpha value is -4.84. The van der Waals surface area contributed by atoms with E-state index >= 15 is 8.78 Å². The van der Waals surface area contributed by atoms with Crippen molar-refractivity contribution in [1.29, 1.82) is 11.1 Å². The molecule has 0 amide bonds. The van der Waals surface area contributed by atoms with E-state index in [4.69, 9.17) is 22.5 Å². The van der Waals surface area contributed by atoms with Gasteiger partial charge in [0.1, 0.15) is 22.1 Å². The molecule has 8 N–H and O–H groups in total. The highest BCUT2D eigenvalue weighted by molar-refractivity contribution is 7.87. The summed E-state index contributed by atoms with van der Waals surface area (Å²) in [7, 11) is -9.94. The fourth-order valence-electron chi connectivity index (χ4n) is 6.66. The van der Waals surface area contributed by atoms with Gasteiger partial charge < -0.3 is 11.5 Å². The summed E-state index contributed by atoms with van der Waals surface area (Å²) in [4.78, 5) is 0. The highest BCUT2D eigenvalue weighted by atomic mass is 32.2. The fraction of sp³-hybridized carbons (Fsp3) is 0.125. The molecule has 2 aliphatic rings. The Morgan fingerprint density at radius 1 is 0.604 bits per heavy atom. The van der Waals surface area contributed by atoms with Gasteiger partial charge in [-0.05, 0) is 46.5 Å². The van der Waals surface area contributed by atoms with Gasteiger partial charge in [0.05, 0.1) is 22.5 Å². The molecule has 0 heterocycles. The third-order valence-electron chi connectivity index (χ3n) is 8.86. The number of nitrogens with zero attached hydrogens (tertiary/aromatic N) is 2. The Kier molecular flexibility index (Phi) is 7.85. The van der Waals surface area contributed by atoms with Crippen LogP contribution in [0, 0.1) is 22.7 Å². The van der Waals surface area contributed by atoms with E-state index in [1.165, 1.54) is 60.7 Å². The highest BCUT2D eigenvalue weighted by Crippen LogP contribution is 2.46. The summed E-state index contributed by atoms with van der Waals surface area (Å²) in [5, 5.41) is 2.87. The number of nitrogens with two attached hydrogens (primary N) is 2. The molecule has 4 aromatic carbocycles. The molecule has 0 spiro atoms. The number of rotatable bonds is 7. The third kappa shape index (κ3) is 5.01. The number of nitrogens with one attached hydrogen (secondary N) is 2. The van der Waals surface area contributed by atoms with Crippen molar-refractivity contribution in [3.8, 4) is 11.1 Å². The minimum atomic E-state index is -4.97. The number of hydrogen-bond donors (Lipinski definition) is 6. The molecule has 0 aliphatic heterocycles. The average Bonchev–Trinajstić information content (AvgIpc) is 3.04. The second kappa shape index (κ2) is 11.4. The van der Waals surface area contributed by atoms with E-state index < -0.39 is 53.4 Å². The smallest absolute Gasteiger partial charge is 0.274 e. The van der Waals surface area contributed by atoms with E-state index in [1.807, 2.05) is 0 Å². The van der Waals surface area contributed by atoms with Gasteiger partial charge in [-0.15, -0.1) is 0 Å². The Morgan fingerprint density at radius 3 is 1.27 bits per heavy atom. The molecular formula is C32H26F2N6O6S2. The van der Waals surface area contributed by atoms with Crippen molar-refractivity contribution in [3.05, 3.63) is 142 Å². The van der Waals surface area contributed by atoms with Gasteiger partial charge >= 0.3 is 0 Å². The lowest BCUT2D eigenvalue weighted by Gasteiger charge is -2.40. The first-order valence-corrected chi connectivity index (χ1v) is 17.1. The van der Waals surface area contributed by atoms with Gasteiger partial charge in [-0.2, -0.15) is 27.1 Å². The fourth-order valence-corrected chi connectivity index (χ4v) is 8.71. The predicted molar refractivity (Wildman–Crippen MR) is 172 cm³/mol. The second-order valence-electron chi connectivity index (χ2n) is 11.4. The Bertz CT molecular complexity index is 2170. The van der Waals surface area contributed by atoms with Gasteiger partial charge in [0.25, 0.3) is 20.2 Å². The van der Waals surface area contributed by atoms with Crippen molar-refractivity contribution in [2.45, 2.75) is 21.6 Å². The normalized spacial score (nSPS) is 23.7. The van der Waals surface area contributed by atoms with Crippen LogP contribution in [-0.2, 0) is 31.3 Å². The average molecular weight is 693 g/mol. The monoisotopic (exact) mass is 692 g/mol. The van der Waals surface area contributed by atoms with Crippen molar-refractivity contribution in [1.82, 2.24) is 0 Å². The molecule has 4 atom stereocenters. The zero-order valence-corrected chi connectivity index (χ0v) is 26.2. The molecule has 246 valence electrons. The molecule has 0 saturated heterocycles. The van der Waals surface area contributed by atoms with E-state index in [9.17, 15) is 25.9 Å². The summed E-state index contributed by atoms with van der Waals surface area (Å²) >= 11 is 0. The molecule has 6 rings (SSSR count). The van der Waals surface area contributed by atoms with Gasteiger partial charge in [-0.25, -0.2) is 19.8 Å². The maximum Gasteiger partial charge on any atom is 0.274 e. The van der Waals surface area contributed by atoms with Crippen LogP contribution < -0.4 is 11.5 Å². The molecule has 4 unspecified atom stereocenters. The van der Waals surface area contributed by atoms with E-state index in [1.54, 1.807) is 12.1 Å². The van der Waals surface area contributed by atoms with E-state index in [2.05, 4.69) is 10.2 Å². The Morgan fingerprint density at radius 2 is 0.958 bits per heavy atom. The summed E-state index contributed by atoms with van der Waals surface area (Å²) in [5.74, 6) is -2.00. The summed E-state index contributed by atoms with van der Waals surface area (Å²) in [5.41, 5.74) is 24.1. The zero-order valence-electron chi connectivity index (χ0n) is 24.5. The van der Waals surface area contributed by atoms with Crippen LogP contribution in [0.1, 0.15) is 33.4 Å². The largest absolute Gasteiger partial charge is 0.316 e. The van der Waals surface area contributed by atoms with Gasteiger partial charge in [-0.1, -0.05) is 72.8 Å². The summed E-state index contributed by atoms with van der Waals surface area (Å²) in [6.07, 6.45) is 1.96. The Balaban J connectivity index is 1.47. The second-order valence-corrected chi connectivity index (χ2v) is 14.5. The molecule has 2 aliphatic carbocycles. The molecule has 0 bridgehead atoms. The van der Waals surface area contributed by atoms with Gasteiger partial charge in [0, 0.05) is 22.3 Å². The molecule has 0 aromatic heterocycles. The van der Waals surface area contributed by atoms with Crippen molar-refractivity contribution >= 4 is 31.6 Å². The molecular weight excluding hydrogens is 667 g/mol. The zero-order chi connectivity index (χ0) is 34.8. The lowest BCUT2D eigenvalue weighted by Crippen LogP contribution is -2.54. The first-order chi connectivity index (χ1) is 22.6. The first kappa shape index (κ1) is 33.1. The summed E-state index contributed by atoms with van der Waals surface area (Å²) in [6, 6.07) is 19.3. The highest BCUT2D eigenvalue weighted by Gasteiger charge is 2.51. The van der Waals surface area contributed by atoms with Gasteiger partial charge in [0.15, 0.2) is 0 Å². The molecule has 0 radical (unpaired) electrons. The SMILES string of the molecule is N=NC1=CC(S(=O)(=O)O)C(N)(c2ccc(-c3ccc(C4(N)c5ccccc5C(N=N)=CC4S(=O)(=O)O)c(F)c3)cc2F)c2ccccc21. The van der Waals surface area contributed by atoms with Crippen LogP contribution in [0.2, 0.25) is 0 Å². The minimum absolute atomic E-state index is 0.0859. The van der Waals surface area contributed by atoms with Crippen LogP contribution in [0.5, 0.6) is 0 Å². The number of fused-ring (bicyclic) bond motifs is 2. The number of benzene rings is 4. The first-order valence-electron chi connectivity index (χ1n) is 14.1.